The van der Waals surface area contributed by atoms with Gasteiger partial charge in [-0.15, -0.1) is 0 Å². The Morgan fingerprint density at radius 1 is 1.36 bits per heavy atom. The summed E-state index contributed by atoms with van der Waals surface area (Å²) in [6.07, 6.45) is 2.74. The molecule has 13 nitrogen and oxygen atoms in total. The first-order valence-corrected chi connectivity index (χ1v) is 14.4. The van der Waals surface area contributed by atoms with Gasteiger partial charge in [-0.05, 0) is 40.5 Å². The van der Waals surface area contributed by atoms with E-state index < -0.39 is 25.9 Å². The highest BCUT2D eigenvalue weighted by Gasteiger charge is 2.43. The van der Waals surface area contributed by atoms with Crippen LogP contribution in [0, 0.1) is 17.2 Å². The third kappa shape index (κ3) is 7.60. The van der Waals surface area contributed by atoms with Crippen LogP contribution in [0.1, 0.15) is 73.5 Å². The number of aliphatic hydroxyl groups excluding tert-OH is 1. The smallest absolute Gasteiger partial charge is 0.280 e. The third-order valence-electron chi connectivity index (χ3n) is 6.41. The van der Waals surface area contributed by atoms with E-state index in [4.69, 9.17) is 19.0 Å². The first-order chi connectivity index (χ1) is 18.5. The van der Waals surface area contributed by atoms with Gasteiger partial charge >= 0.3 is 0 Å². The molecule has 14 heteroatoms. The fraction of sp³-hybridized carbons (Fsp3) is 0.720. The number of carbonyl (C=O) groups is 1. The van der Waals surface area contributed by atoms with Gasteiger partial charge in [0.1, 0.15) is 6.23 Å². The Balaban J connectivity index is 1.83. The minimum Gasteiger partial charge on any atom is -0.396 e. The Morgan fingerprint density at radius 2 is 2.08 bits per heavy atom. The fourth-order valence-corrected chi connectivity index (χ4v) is 6.19. The summed E-state index contributed by atoms with van der Waals surface area (Å²) in [5.41, 5.74) is -0.846. The number of nitriles is 1. The minimum atomic E-state index is -1.48. The van der Waals surface area contributed by atoms with Gasteiger partial charge in [0.05, 0.1) is 37.6 Å². The number of aromatic nitrogens is 4. The van der Waals surface area contributed by atoms with E-state index >= 15 is 0 Å². The summed E-state index contributed by atoms with van der Waals surface area (Å²) in [4.78, 5) is 36.0. The van der Waals surface area contributed by atoms with Crippen molar-refractivity contribution in [1.29, 1.82) is 5.26 Å². The summed E-state index contributed by atoms with van der Waals surface area (Å²) in [6.45, 7) is 12.1. The Kier molecular flexibility index (Phi) is 11.0. The molecular weight excluding hydrogens is 525 g/mol. The molecule has 3 N–H and O–H groups in total. The molecule has 0 aliphatic carbocycles. The van der Waals surface area contributed by atoms with Crippen LogP contribution in [0.25, 0.3) is 11.2 Å². The van der Waals surface area contributed by atoms with E-state index in [0.29, 0.717) is 19.3 Å². The molecule has 0 saturated carbocycles. The molecule has 0 aromatic carbocycles. The number of anilines is 1. The van der Waals surface area contributed by atoms with E-state index in [-0.39, 0.29) is 67.3 Å². The van der Waals surface area contributed by atoms with Crippen molar-refractivity contribution in [3.05, 3.63) is 16.7 Å². The van der Waals surface area contributed by atoms with Crippen molar-refractivity contribution < 1.29 is 23.7 Å². The summed E-state index contributed by atoms with van der Waals surface area (Å²) in [7, 11) is -1.48. The standard InChI is InChI=1S/C25H40N7O6P/c1-16(2)22(34)29-24-28-21-20(23(35)30-24)27-15-31(21)19-8-9-25(38-19,10-12-33)14-37-39(36-13-7-11-26)32(17(3)4)18(5)6/h15-19,33H,7-10,12-14H2,1-6H3,(H2,28,29,30,34,35)/t19-,25-,39?/m1/s1. The zero-order valence-electron chi connectivity index (χ0n) is 23.5. The molecule has 2 aromatic heterocycles. The van der Waals surface area contributed by atoms with Crippen molar-refractivity contribution in [3.8, 4) is 6.07 Å². The first kappa shape index (κ1) is 31.1. The molecule has 1 fully saturated rings. The van der Waals surface area contributed by atoms with Crippen LogP contribution < -0.4 is 10.9 Å². The maximum Gasteiger partial charge on any atom is 0.280 e. The summed E-state index contributed by atoms with van der Waals surface area (Å²) in [5.74, 6) is -0.520. The number of nitrogens with one attached hydrogen (secondary N) is 2. The Bertz CT molecular complexity index is 1200. The monoisotopic (exact) mass is 565 g/mol. The molecule has 0 spiro atoms. The predicted octanol–water partition coefficient (Wildman–Crippen LogP) is 3.44. The Hall–Kier alpha value is -2.46. The molecule has 216 valence electrons. The van der Waals surface area contributed by atoms with E-state index in [9.17, 15) is 14.7 Å². The highest BCUT2D eigenvalue weighted by atomic mass is 31.2. The predicted molar refractivity (Wildman–Crippen MR) is 147 cm³/mol. The molecule has 0 radical (unpaired) electrons. The van der Waals surface area contributed by atoms with Gasteiger partial charge < -0.3 is 18.9 Å². The second-order valence-electron chi connectivity index (χ2n) is 10.5. The molecule has 1 unspecified atom stereocenters. The largest absolute Gasteiger partial charge is 0.396 e. The lowest BCUT2D eigenvalue weighted by Gasteiger charge is -2.38. The second-order valence-corrected chi connectivity index (χ2v) is 11.9. The zero-order chi connectivity index (χ0) is 28.7. The molecule has 2 aromatic rings. The lowest BCUT2D eigenvalue weighted by Crippen LogP contribution is -2.38. The molecule has 0 bridgehead atoms. The van der Waals surface area contributed by atoms with Crippen LogP contribution in [0.2, 0.25) is 0 Å². The van der Waals surface area contributed by atoms with Crippen LogP contribution >= 0.6 is 8.53 Å². The number of H-pyrrole nitrogens is 1. The maximum atomic E-state index is 12.6. The average Bonchev–Trinajstić information content (AvgIpc) is 3.47. The number of hydrogen-bond donors (Lipinski definition) is 3. The van der Waals surface area contributed by atoms with Gasteiger partial charge in [-0.3, -0.25) is 24.5 Å². The van der Waals surface area contributed by atoms with Gasteiger partial charge in [-0.1, -0.05) is 13.8 Å². The van der Waals surface area contributed by atoms with Gasteiger partial charge in [0, 0.05) is 31.0 Å². The fourth-order valence-electron chi connectivity index (χ4n) is 4.50. The molecular formula is C25H40N7O6P. The lowest BCUT2D eigenvalue weighted by molar-refractivity contribution is -0.118. The molecule has 1 saturated heterocycles. The van der Waals surface area contributed by atoms with E-state index in [0.717, 1.165) is 0 Å². The number of fused-ring (bicyclic) bond motifs is 1. The molecule has 1 amide bonds. The van der Waals surface area contributed by atoms with Gasteiger partial charge in [-0.25, -0.2) is 9.65 Å². The second kappa shape index (κ2) is 13.7. The van der Waals surface area contributed by atoms with Gasteiger partial charge in [0.15, 0.2) is 11.2 Å². The number of amides is 1. The number of aromatic amines is 1. The first-order valence-electron chi connectivity index (χ1n) is 13.3. The van der Waals surface area contributed by atoms with Crippen LogP contribution in [-0.2, 0) is 18.6 Å². The lowest BCUT2D eigenvalue weighted by atomic mass is 9.97. The third-order valence-corrected chi connectivity index (χ3v) is 8.46. The van der Waals surface area contributed by atoms with E-state index in [1.54, 1.807) is 18.4 Å². The molecule has 3 heterocycles. The highest BCUT2D eigenvalue weighted by molar-refractivity contribution is 7.44. The SMILES string of the molecule is CC(C)C(=O)Nc1nc2c(ncn2[C@H]2CC[C@@](CCO)(COP(OCCC#N)N(C(C)C)C(C)C)O2)c(=O)[nH]1. The topological polar surface area (TPSA) is 168 Å². The number of imidazole rings is 1. The van der Waals surface area contributed by atoms with Crippen LogP contribution in [0.15, 0.2) is 11.1 Å². The number of hydrogen-bond acceptors (Lipinski definition) is 10. The van der Waals surface area contributed by atoms with E-state index in [1.165, 1.54) is 6.33 Å². The quantitative estimate of drug-likeness (QED) is 0.228. The Labute approximate surface area is 229 Å². The van der Waals surface area contributed by atoms with Gasteiger partial charge in [-0.2, -0.15) is 10.2 Å². The van der Waals surface area contributed by atoms with Crippen molar-refractivity contribution in [2.45, 2.75) is 91.1 Å². The summed E-state index contributed by atoms with van der Waals surface area (Å²) in [6, 6.07) is 2.39. The zero-order valence-corrected chi connectivity index (χ0v) is 24.4. The number of nitrogens with zero attached hydrogens (tertiary/aromatic N) is 5. The number of carbonyl (C=O) groups excluding carboxylic acids is 1. The van der Waals surface area contributed by atoms with Crippen molar-refractivity contribution in [2.24, 2.45) is 5.92 Å². The van der Waals surface area contributed by atoms with Gasteiger partial charge in [0.25, 0.3) is 14.1 Å². The van der Waals surface area contributed by atoms with Crippen LogP contribution in [0.4, 0.5) is 5.95 Å². The maximum absolute atomic E-state index is 12.6. The van der Waals surface area contributed by atoms with E-state index in [1.807, 2.05) is 0 Å². The minimum absolute atomic E-state index is 0.0403. The van der Waals surface area contributed by atoms with Gasteiger partial charge in [0.2, 0.25) is 11.9 Å². The number of aliphatic hydroxyl groups is 1. The number of ether oxygens (including phenoxy) is 1. The van der Waals surface area contributed by atoms with Crippen molar-refractivity contribution in [2.75, 3.05) is 25.1 Å². The van der Waals surface area contributed by atoms with Crippen LogP contribution in [0.3, 0.4) is 0 Å². The van der Waals surface area contributed by atoms with Crippen LogP contribution in [-0.4, -0.2) is 72.7 Å². The highest BCUT2D eigenvalue weighted by Crippen LogP contribution is 2.49. The van der Waals surface area contributed by atoms with Crippen molar-refractivity contribution in [1.82, 2.24) is 24.2 Å². The van der Waals surface area contributed by atoms with Crippen molar-refractivity contribution >= 4 is 31.5 Å². The summed E-state index contributed by atoms with van der Waals surface area (Å²) in [5, 5.41) is 21.5. The molecule has 1 aliphatic heterocycles. The number of rotatable bonds is 14. The summed E-state index contributed by atoms with van der Waals surface area (Å²) < 4.78 is 22.7. The van der Waals surface area contributed by atoms with E-state index in [2.05, 4.69) is 58.7 Å². The normalized spacial score (nSPS) is 20.4. The molecule has 3 rings (SSSR count). The average molecular weight is 566 g/mol. The molecule has 3 atom stereocenters. The van der Waals surface area contributed by atoms with Crippen molar-refractivity contribution in [3.63, 3.8) is 0 Å². The summed E-state index contributed by atoms with van der Waals surface area (Å²) >= 11 is 0. The molecule has 39 heavy (non-hydrogen) atoms. The Morgan fingerprint density at radius 3 is 2.69 bits per heavy atom. The molecule has 1 aliphatic rings. The van der Waals surface area contributed by atoms with Crippen LogP contribution in [0.5, 0.6) is 0 Å².